The molecule has 0 radical (unpaired) electrons. The second-order valence-electron chi connectivity index (χ2n) is 4.23. The Balaban J connectivity index is 2.39. The van der Waals surface area contributed by atoms with Crippen LogP contribution in [-0.2, 0) is 9.53 Å². The molecule has 0 aliphatic carbocycles. The van der Waals surface area contributed by atoms with Gasteiger partial charge < -0.3 is 15.2 Å². The second-order valence-corrected chi connectivity index (χ2v) is 4.23. The van der Waals surface area contributed by atoms with Crippen molar-refractivity contribution < 1.29 is 14.6 Å². The van der Waals surface area contributed by atoms with E-state index < -0.39 is 11.4 Å². The van der Waals surface area contributed by atoms with Gasteiger partial charge in [-0.1, -0.05) is 6.92 Å². The first-order valence-corrected chi connectivity index (χ1v) is 5.73. The van der Waals surface area contributed by atoms with E-state index in [4.69, 9.17) is 4.74 Å². The molecule has 1 fully saturated rings. The summed E-state index contributed by atoms with van der Waals surface area (Å²) >= 11 is 0. The maximum absolute atomic E-state index is 11.2. The van der Waals surface area contributed by atoms with E-state index in [-0.39, 0.29) is 0 Å². The smallest absolute Gasteiger partial charge is 0.311 e. The fourth-order valence-electron chi connectivity index (χ4n) is 1.98. The van der Waals surface area contributed by atoms with Crippen LogP contribution in [-0.4, -0.2) is 37.4 Å². The van der Waals surface area contributed by atoms with Gasteiger partial charge in [-0.05, 0) is 32.2 Å². The lowest BCUT2D eigenvalue weighted by molar-refractivity contribution is -0.151. The highest BCUT2D eigenvalue weighted by Crippen LogP contribution is 2.30. The van der Waals surface area contributed by atoms with Crippen molar-refractivity contribution in [2.24, 2.45) is 5.41 Å². The van der Waals surface area contributed by atoms with E-state index in [1.165, 1.54) is 0 Å². The molecule has 1 unspecified atom stereocenters. The molecule has 1 atom stereocenters. The number of nitrogens with one attached hydrogen (secondary N) is 1. The van der Waals surface area contributed by atoms with Crippen LogP contribution in [0, 0.1) is 5.41 Å². The van der Waals surface area contributed by atoms with E-state index in [1.807, 2.05) is 0 Å². The number of rotatable bonds is 6. The Morgan fingerprint density at radius 1 is 1.53 bits per heavy atom. The van der Waals surface area contributed by atoms with Gasteiger partial charge in [0.1, 0.15) is 0 Å². The average molecular weight is 215 g/mol. The van der Waals surface area contributed by atoms with Gasteiger partial charge in [-0.2, -0.15) is 0 Å². The molecule has 0 spiro atoms. The monoisotopic (exact) mass is 215 g/mol. The maximum atomic E-state index is 11.2. The summed E-state index contributed by atoms with van der Waals surface area (Å²) in [5.74, 6) is -0.685. The van der Waals surface area contributed by atoms with E-state index in [0.717, 1.165) is 32.4 Å². The third-order valence-electron chi connectivity index (χ3n) is 3.00. The summed E-state index contributed by atoms with van der Waals surface area (Å²) < 4.78 is 5.37. The number of hydrogen-bond acceptors (Lipinski definition) is 3. The summed E-state index contributed by atoms with van der Waals surface area (Å²) in [4.78, 5) is 11.2. The van der Waals surface area contributed by atoms with Crippen LogP contribution < -0.4 is 5.32 Å². The molecule has 0 aromatic heterocycles. The number of carbonyl (C=O) groups is 1. The summed E-state index contributed by atoms with van der Waals surface area (Å²) in [7, 11) is 0. The minimum Gasteiger partial charge on any atom is -0.481 e. The fourth-order valence-corrected chi connectivity index (χ4v) is 1.98. The van der Waals surface area contributed by atoms with Gasteiger partial charge in [-0.3, -0.25) is 4.79 Å². The molecule has 0 saturated carbocycles. The van der Waals surface area contributed by atoms with Gasteiger partial charge in [0.2, 0.25) is 0 Å². The van der Waals surface area contributed by atoms with Crippen LogP contribution >= 0.6 is 0 Å². The molecule has 1 heterocycles. The predicted octanol–water partition coefficient (Wildman–Crippen LogP) is 1.26. The van der Waals surface area contributed by atoms with Crippen molar-refractivity contribution >= 4 is 5.97 Å². The summed E-state index contributed by atoms with van der Waals surface area (Å²) in [6.07, 6.45) is 3.32. The molecule has 0 aromatic carbocycles. The predicted molar refractivity (Wildman–Crippen MR) is 57.9 cm³/mol. The maximum Gasteiger partial charge on any atom is 0.311 e. The third-order valence-corrected chi connectivity index (χ3v) is 3.00. The molecule has 88 valence electrons. The van der Waals surface area contributed by atoms with Crippen molar-refractivity contribution in [3.63, 3.8) is 0 Å². The average Bonchev–Trinajstić information content (AvgIpc) is 2.26. The lowest BCUT2D eigenvalue weighted by atomic mass is 9.78. The van der Waals surface area contributed by atoms with Crippen LogP contribution in [0.25, 0.3) is 0 Å². The Bertz CT molecular complexity index is 200. The van der Waals surface area contributed by atoms with Crippen LogP contribution in [0.3, 0.4) is 0 Å². The van der Waals surface area contributed by atoms with E-state index >= 15 is 0 Å². The Morgan fingerprint density at radius 3 is 2.87 bits per heavy atom. The Hall–Kier alpha value is -0.610. The third kappa shape index (κ3) is 3.47. The van der Waals surface area contributed by atoms with Crippen molar-refractivity contribution in [3.05, 3.63) is 0 Å². The Kier molecular flexibility index (Phi) is 5.05. The number of carboxylic acids is 1. The van der Waals surface area contributed by atoms with Crippen LogP contribution in [0.2, 0.25) is 0 Å². The molecule has 1 rings (SSSR count). The molecule has 4 heteroatoms. The van der Waals surface area contributed by atoms with E-state index in [0.29, 0.717) is 19.6 Å². The molecular formula is C11H21NO3. The lowest BCUT2D eigenvalue weighted by Gasteiger charge is -2.33. The quantitative estimate of drug-likeness (QED) is 0.655. The van der Waals surface area contributed by atoms with Crippen molar-refractivity contribution in [1.29, 1.82) is 0 Å². The van der Waals surface area contributed by atoms with Crippen LogP contribution in [0.1, 0.15) is 32.6 Å². The van der Waals surface area contributed by atoms with Crippen molar-refractivity contribution in [2.75, 3.05) is 26.3 Å². The minimum absolute atomic E-state index is 0.557. The first-order chi connectivity index (χ1) is 7.21. The van der Waals surface area contributed by atoms with Crippen molar-refractivity contribution in [2.45, 2.75) is 32.6 Å². The standard InChI is InChI=1S/C11H21NO3/c1-2-7-15-8-5-11(10(13)14)4-3-6-12-9-11/h12H,2-9H2,1H3,(H,13,14). The molecule has 1 aliphatic rings. The molecule has 1 saturated heterocycles. The Labute approximate surface area is 91.0 Å². The highest BCUT2D eigenvalue weighted by molar-refractivity contribution is 5.75. The van der Waals surface area contributed by atoms with E-state index in [1.54, 1.807) is 0 Å². The molecule has 0 aromatic rings. The number of hydrogen-bond donors (Lipinski definition) is 2. The molecule has 0 bridgehead atoms. The molecule has 1 aliphatic heterocycles. The van der Waals surface area contributed by atoms with Gasteiger partial charge in [-0.25, -0.2) is 0 Å². The molecule has 4 nitrogen and oxygen atoms in total. The highest BCUT2D eigenvalue weighted by atomic mass is 16.5. The normalized spacial score (nSPS) is 26.5. The largest absolute Gasteiger partial charge is 0.481 e. The van der Waals surface area contributed by atoms with Crippen LogP contribution in [0.5, 0.6) is 0 Å². The van der Waals surface area contributed by atoms with Gasteiger partial charge in [0.05, 0.1) is 5.41 Å². The first kappa shape index (κ1) is 12.5. The summed E-state index contributed by atoms with van der Waals surface area (Å²) in [5, 5.41) is 12.4. The van der Waals surface area contributed by atoms with Crippen LogP contribution in [0.15, 0.2) is 0 Å². The Morgan fingerprint density at radius 2 is 2.33 bits per heavy atom. The molecule has 2 N–H and O–H groups in total. The minimum atomic E-state index is -0.685. The zero-order valence-corrected chi connectivity index (χ0v) is 9.42. The van der Waals surface area contributed by atoms with Crippen molar-refractivity contribution in [1.82, 2.24) is 5.32 Å². The summed E-state index contributed by atoms with van der Waals surface area (Å²) in [5.41, 5.74) is -0.591. The number of piperidine rings is 1. The zero-order chi connectivity index (χ0) is 11.1. The van der Waals surface area contributed by atoms with E-state index in [9.17, 15) is 9.90 Å². The lowest BCUT2D eigenvalue weighted by Crippen LogP contribution is -2.46. The second kappa shape index (κ2) is 6.08. The SMILES string of the molecule is CCCOCCC1(C(=O)O)CCCNC1. The molecule has 0 amide bonds. The van der Waals surface area contributed by atoms with Crippen LogP contribution in [0.4, 0.5) is 0 Å². The molecule has 15 heavy (non-hydrogen) atoms. The first-order valence-electron chi connectivity index (χ1n) is 5.73. The summed E-state index contributed by atoms with van der Waals surface area (Å²) in [6, 6.07) is 0. The topological polar surface area (TPSA) is 58.6 Å². The summed E-state index contributed by atoms with van der Waals surface area (Å²) in [6.45, 7) is 4.85. The molecular weight excluding hydrogens is 194 g/mol. The van der Waals surface area contributed by atoms with Gasteiger partial charge in [0.25, 0.3) is 0 Å². The van der Waals surface area contributed by atoms with Gasteiger partial charge in [-0.15, -0.1) is 0 Å². The van der Waals surface area contributed by atoms with Gasteiger partial charge in [0, 0.05) is 19.8 Å². The highest BCUT2D eigenvalue weighted by Gasteiger charge is 2.39. The number of aliphatic carboxylic acids is 1. The van der Waals surface area contributed by atoms with Gasteiger partial charge in [0.15, 0.2) is 0 Å². The van der Waals surface area contributed by atoms with Gasteiger partial charge >= 0.3 is 5.97 Å². The van der Waals surface area contributed by atoms with E-state index in [2.05, 4.69) is 12.2 Å². The fraction of sp³-hybridized carbons (Fsp3) is 0.909. The number of ether oxygens (including phenoxy) is 1. The zero-order valence-electron chi connectivity index (χ0n) is 9.42. The van der Waals surface area contributed by atoms with Crippen molar-refractivity contribution in [3.8, 4) is 0 Å². The number of carboxylic acid groups (broad SMARTS) is 1.